The number of aliphatic hydroxyl groups is 1. The fourth-order valence-corrected chi connectivity index (χ4v) is 2.28. The molecule has 1 aromatic carbocycles. The largest absolute Gasteiger partial charge is 0.392 e. The average Bonchev–Trinajstić information content (AvgIpc) is 2.96. The Kier molecular flexibility index (Phi) is 3.45. The summed E-state index contributed by atoms with van der Waals surface area (Å²) in [4.78, 5) is 4.19. The van der Waals surface area contributed by atoms with Crippen molar-refractivity contribution < 1.29 is 18.4 Å². The van der Waals surface area contributed by atoms with E-state index in [1.165, 1.54) is 12.1 Å². The molecule has 106 valence electrons. The molecule has 0 aliphatic carbocycles. The van der Waals surface area contributed by atoms with Crippen LogP contribution in [0.25, 0.3) is 0 Å². The van der Waals surface area contributed by atoms with Gasteiger partial charge >= 0.3 is 0 Å². The Morgan fingerprint density at radius 1 is 1.30 bits per heavy atom. The third-order valence-corrected chi connectivity index (χ3v) is 3.17. The van der Waals surface area contributed by atoms with Crippen molar-refractivity contribution in [3.8, 4) is 0 Å². The standard InChI is InChI=1S/C13H13F2N3O2/c14-8-1-7(2-9(15)4-8)3-12-17-13(20-18-12)11-5-10(19)6-16-11/h1-2,4,10-11,16,19H,3,5-6H2/t10-,11+/m0/s1. The van der Waals surface area contributed by atoms with E-state index in [4.69, 9.17) is 4.52 Å². The zero-order valence-corrected chi connectivity index (χ0v) is 10.5. The fourth-order valence-electron chi connectivity index (χ4n) is 2.28. The highest BCUT2D eigenvalue weighted by Gasteiger charge is 2.28. The van der Waals surface area contributed by atoms with Gasteiger partial charge in [-0.15, -0.1) is 0 Å². The minimum Gasteiger partial charge on any atom is -0.392 e. The number of β-amino-alcohol motifs (C(OH)–C–C–N with tert-alkyl or cyclic N) is 1. The van der Waals surface area contributed by atoms with E-state index in [-0.39, 0.29) is 12.5 Å². The lowest BCUT2D eigenvalue weighted by atomic mass is 10.1. The van der Waals surface area contributed by atoms with Gasteiger partial charge in [0.1, 0.15) is 11.6 Å². The molecule has 3 rings (SSSR count). The molecule has 7 heteroatoms. The average molecular weight is 281 g/mol. The van der Waals surface area contributed by atoms with Crippen molar-refractivity contribution in [2.45, 2.75) is 25.0 Å². The zero-order valence-electron chi connectivity index (χ0n) is 10.5. The van der Waals surface area contributed by atoms with Crippen LogP contribution < -0.4 is 5.32 Å². The van der Waals surface area contributed by atoms with Gasteiger partial charge in [-0.25, -0.2) is 8.78 Å². The van der Waals surface area contributed by atoms with Crippen molar-refractivity contribution in [1.82, 2.24) is 15.5 Å². The van der Waals surface area contributed by atoms with Crippen molar-refractivity contribution in [3.05, 3.63) is 47.1 Å². The predicted octanol–water partition coefficient (Wildman–Crippen LogP) is 1.33. The molecule has 1 aromatic heterocycles. The van der Waals surface area contributed by atoms with Gasteiger partial charge < -0.3 is 14.9 Å². The number of rotatable bonds is 3. The second-order valence-electron chi connectivity index (χ2n) is 4.85. The summed E-state index contributed by atoms with van der Waals surface area (Å²) < 4.78 is 31.3. The highest BCUT2D eigenvalue weighted by atomic mass is 19.1. The van der Waals surface area contributed by atoms with Crippen LogP contribution in [0.3, 0.4) is 0 Å². The maximum atomic E-state index is 13.1. The number of benzene rings is 1. The summed E-state index contributed by atoms with van der Waals surface area (Å²) in [7, 11) is 0. The minimum atomic E-state index is -0.635. The Hall–Kier alpha value is -1.86. The first-order valence-electron chi connectivity index (χ1n) is 6.29. The van der Waals surface area contributed by atoms with Gasteiger partial charge in [0.05, 0.1) is 12.1 Å². The van der Waals surface area contributed by atoms with E-state index in [1.54, 1.807) is 0 Å². The Balaban J connectivity index is 1.73. The van der Waals surface area contributed by atoms with Crippen LogP contribution in [-0.4, -0.2) is 27.9 Å². The first kappa shape index (κ1) is 13.1. The highest BCUT2D eigenvalue weighted by Crippen LogP contribution is 2.22. The van der Waals surface area contributed by atoms with Gasteiger partial charge in [0.2, 0.25) is 5.89 Å². The van der Waals surface area contributed by atoms with Crippen LogP contribution in [0.5, 0.6) is 0 Å². The normalized spacial score (nSPS) is 22.4. The molecule has 0 saturated carbocycles. The molecule has 5 nitrogen and oxygen atoms in total. The number of halogens is 2. The van der Waals surface area contributed by atoms with Gasteiger partial charge in [0.25, 0.3) is 0 Å². The molecule has 0 radical (unpaired) electrons. The molecule has 2 N–H and O–H groups in total. The lowest BCUT2D eigenvalue weighted by Crippen LogP contribution is -2.15. The van der Waals surface area contributed by atoms with Gasteiger partial charge in [-0.1, -0.05) is 5.16 Å². The maximum Gasteiger partial charge on any atom is 0.243 e. The summed E-state index contributed by atoms with van der Waals surface area (Å²) in [6.45, 7) is 0.484. The molecule has 20 heavy (non-hydrogen) atoms. The number of nitrogens with one attached hydrogen (secondary N) is 1. The van der Waals surface area contributed by atoms with Crippen molar-refractivity contribution in [3.63, 3.8) is 0 Å². The molecule has 0 spiro atoms. The summed E-state index contributed by atoms with van der Waals surface area (Å²) in [6.07, 6.45) is 0.275. The third kappa shape index (κ3) is 2.83. The monoisotopic (exact) mass is 281 g/mol. The first-order chi connectivity index (χ1) is 9.60. The van der Waals surface area contributed by atoms with Gasteiger partial charge in [0.15, 0.2) is 5.82 Å². The van der Waals surface area contributed by atoms with Crippen molar-refractivity contribution in [2.24, 2.45) is 0 Å². The van der Waals surface area contributed by atoms with Gasteiger partial charge in [-0.3, -0.25) is 0 Å². The van der Waals surface area contributed by atoms with E-state index in [0.717, 1.165) is 6.07 Å². The highest BCUT2D eigenvalue weighted by molar-refractivity contribution is 5.21. The number of aliphatic hydroxyl groups excluding tert-OH is 1. The Morgan fingerprint density at radius 3 is 2.70 bits per heavy atom. The number of nitrogens with zero attached hydrogens (tertiary/aromatic N) is 2. The Bertz CT molecular complexity index is 597. The van der Waals surface area contributed by atoms with Crippen molar-refractivity contribution >= 4 is 0 Å². The molecule has 0 amide bonds. The van der Waals surface area contributed by atoms with E-state index >= 15 is 0 Å². The molecule has 0 unspecified atom stereocenters. The van der Waals surface area contributed by atoms with E-state index in [0.29, 0.717) is 30.2 Å². The number of aromatic nitrogens is 2. The van der Waals surface area contributed by atoms with Gasteiger partial charge in [-0.2, -0.15) is 4.98 Å². The van der Waals surface area contributed by atoms with E-state index < -0.39 is 17.7 Å². The van der Waals surface area contributed by atoms with Crippen LogP contribution in [0.4, 0.5) is 8.78 Å². The predicted molar refractivity (Wildman–Crippen MR) is 64.8 cm³/mol. The molecule has 0 bridgehead atoms. The molecule has 2 atom stereocenters. The minimum absolute atomic E-state index is 0.171. The Labute approximate surface area is 113 Å². The summed E-state index contributed by atoms with van der Waals surface area (Å²) >= 11 is 0. The Morgan fingerprint density at radius 2 is 2.05 bits per heavy atom. The summed E-state index contributed by atoms with van der Waals surface area (Å²) in [5.74, 6) is -0.532. The molecule has 1 saturated heterocycles. The topological polar surface area (TPSA) is 71.2 Å². The van der Waals surface area contributed by atoms with Gasteiger partial charge in [0, 0.05) is 19.0 Å². The van der Waals surface area contributed by atoms with Gasteiger partial charge in [-0.05, 0) is 24.1 Å². The molecule has 2 aromatic rings. The first-order valence-corrected chi connectivity index (χ1v) is 6.29. The SMILES string of the molecule is O[C@@H]1CN[C@@H](c2nc(Cc3cc(F)cc(F)c3)no2)C1. The smallest absolute Gasteiger partial charge is 0.243 e. The van der Waals surface area contributed by atoms with E-state index in [2.05, 4.69) is 15.5 Å². The van der Waals surface area contributed by atoms with Crippen molar-refractivity contribution in [2.75, 3.05) is 6.54 Å². The number of hydrogen-bond acceptors (Lipinski definition) is 5. The molecule has 1 aliphatic rings. The van der Waals surface area contributed by atoms with Crippen LogP contribution >= 0.6 is 0 Å². The van der Waals surface area contributed by atoms with E-state index in [9.17, 15) is 13.9 Å². The van der Waals surface area contributed by atoms with Crippen molar-refractivity contribution in [1.29, 1.82) is 0 Å². The van der Waals surface area contributed by atoms with E-state index in [1.807, 2.05) is 0 Å². The van der Waals surface area contributed by atoms with Crippen LogP contribution in [0, 0.1) is 11.6 Å². The summed E-state index contributed by atoms with van der Waals surface area (Å²) in [5, 5.41) is 16.3. The molecular weight excluding hydrogens is 268 g/mol. The van der Waals surface area contributed by atoms with Crippen LogP contribution in [0.1, 0.15) is 29.7 Å². The third-order valence-electron chi connectivity index (χ3n) is 3.17. The molecule has 1 aliphatic heterocycles. The summed E-state index contributed by atoms with van der Waals surface area (Å²) in [5.41, 5.74) is 0.439. The lowest BCUT2D eigenvalue weighted by molar-refractivity contribution is 0.191. The molecule has 1 fully saturated rings. The second-order valence-corrected chi connectivity index (χ2v) is 4.85. The second kappa shape index (κ2) is 5.26. The number of hydrogen-bond donors (Lipinski definition) is 2. The zero-order chi connectivity index (χ0) is 14.1. The lowest BCUT2D eigenvalue weighted by Gasteiger charge is -2.01. The summed E-state index contributed by atoms with van der Waals surface area (Å²) in [6, 6.07) is 3.11. The quantitative estimate of drug-likeness (QED) is 0.888. The van der Waals surface area contributed by atoms with Crippen LogP contribution in [0.15, 0.2) is 22.7 Å². The van der Waals surface area contributed by atoms with Crippen LogP contribution in [0.2, 0.25) is 0 Å². The fraction of sp³-hybridized carbons (Fsp3) is 0.385. The van der Waals surface area contributed by atoms with Crippen LogP contribution in [-0.2, 0) is 6.42 Å². The molecular formula is C13H13F2N3O2. The molecule has 2 heterocycles. The maximum absolute atomic E-state index is 13.1.